The molecule has 3 aromatic heterocycles. The molecule has 0 spiro atoms. The number of unbranched alkanes of at least 4 members (excludes halogenated alkanes) is 1. The molecule has 180 valence electrons. The largest absolute Gasteiger partial charge is 0.313 e. The van der Waals surface area contributed by atoms with Crippen molar-refractivity contribution >= 4 is 0 Å². The zero-order chi connectivity index (χ0) is 24.3. The van der Waals surface area contributed by atoms with Crippen LogP contribution in [0.5, 0.6) is 0 Å². The van der Waals surface area contributed by atoms with Crippen LogP contribution < -0.4 is 0 Å². The predicted octanol–water partition coefficient (Wildman–Crippen LogP) is 5.45. The predicted molar refractivity (Wildman–Crippen MR) is 134 cm³/mol. The lowest BCUT2D eigenvalue weighted by Crippen LogP contribution is -2.13. The van der Waals surface area contributed by atoms with Crippen molar-refractivity contribution in [2.45, 2.75) is 85.1 Å². The van der Waals surface area contributed by atoms with Gasteiger partial charge in [0.1, 0.15) is 5.82 Å². The molecule has 4 rings (SSSR count). The summed E-state index contributed by atoms with van der Waals surface area (Å²) in [5.41, 5.74) is 4.41. The molecule has 8 heteroatoms. The van der Waals surface area contributed by atoms with Gasteiger partial charge in [-0.3, -0.25) is 0 Å². The standard InChI is InChI=1S/C26H36N8/c1-7-9-10-22-27-24(18(3)8-2)30-34(22)17-19-11-13-20(14-12-19)33-16-15-21(26(4,5)6)23(33)25-28-31-32-29-25/h11-16,18H,7-10,17H2,1-6H3,(H,28,29,31,32). The van der Waals surface area contributed by atoms with Gasteiger partial charge in [-0.1, -0.05) is 60.1 Å². The molecule has 1 aromatic carbocycles. The average molecular weight is 461 g/mol. The van der Waals surface area contributed by atoms with E-state index in [4.69, 9.17) is 10.1 Å². The van der Waals surface area contributed by atoms with E-state index in [9.17, 15) is 0 Å². The van der Waals surface area contributed by atoms with E-state index < -0.39 is 0 Å². The molecule has 0 fully saturated rings. The van der Waals surface area contributed by atoms with Gasteiger partial charge in [0, 0.05) is 24.2 Å². The Labute approximate surface area is 201 Å². The van der Waals surface area contributed by atoms with Gasteiger partial charge in [-0.15, -0.1) is 5.10 Å². The van der Waals surface area contributed by atoms with Gasteiger partial charge in [0.25, 0.3) is 0 Å². The quantitative estimate of drug-likeness (QED) is 0.359. The Kier molecular flexibility index (Phi) is 6.95. The number of nitrogens with zero attached hydrogens (tertiary/aromatic N) is 7. The van der Waals surface area contributed by atoms with E-state index in [-0.39, 0.29) is 5.41 Å². The molecule has 34 heavy (non-hydrogen) atoms. The highest BCUT2D eigenvalue weighted by Gasteiger charge is 2.24. The monoisotopic (exact) mass is 460 g/mol. The molecule has 1 unspecified atom stereocenters. The Balaban J connectivity index is 1.63. The van der Waals surface area contributed by atoms with Gasteiger partial charge in [-0.2, -0.15) is 5.10 Å². The van der Waals surface area contributed by atoms with Gasteiger partial charge in [0.2, 0.25) is 0 Å². The summed E-state index contributed by atoms with van der Waals surface area (Å²) in [5.74, 6) is 3.08. The second-order valence-electron chi connectivity index (χ2n) is 10.1. The molecule has 1 N–H and O–H groups in total. The number of aromatic amines is 1. The molecular formula is C26H36N8. The maximum absolute atomic E-state index is 4.87. The Hall–Kier alpha value is -3.29. The van der Waals surface area contributed by atoms with E-state index in [0.29, 0.717) is 11.7 Å². The molecule has 3 heterocycles. The third kappa shape index (κ3) is 4.95. The van der Waals surface area contributed by atoms with Crippen LogP contribution in [0.3, 0.4) is 0 Å². The third-order valence-electron chi connectivity index (χ3n) is 6.38. The Morgan fingerprint density at radius 2 is 1.82 bits per heavy atom. The first-order valence-electron chi connectivity index (χ1n) is 12.3. The topological polar surface area (TPSA) is 90.1 Å². The lowest BCUT2D eigenvalue weighted by molar-refractivity contribution is 0.591. The molecular weight excluding hydrogens is 424 g/mol. The number of aromatic nitrogens is 8. The minimum absolute atomic E-state index is 0.0391. The van der Waals surface area contributed by atoms with E-state index in [1.54, 1.807) is 0 Å². The second-order valence-corrected chi connectivity index (χ2v) is 10.1. The van der Waals surface area contributed by atoms with Crippen LogP contribution in [0.2, 0.25) is 0 Å². The van der Waals surface area contributed by atoms with Crippen LogP contribution in [0, 0.1) is 0 Å². The number of nitrogens with one attached hydrogen (secondary N) is 1. The summed E-state index contributed by atoms with van der Waals surface area (Å²) in [5, 5.41) is 19.6. The van der Waals surface area contributed by atoms with E-state index in [1.165, 1.54) is 11.1 Å². The molecule has 8 nitrogen and oxygen atoms in total. The molecule has 0 saturated carbocycles. The van der Waals surface area contributed by atoms with Crippen LogP contribution in [0.4, 0.5) is 0 Å². The number of rotatable bonds is 9. The van der Waals surface area contributed by atoms with Crippen LogP contribution in [0.15, 0.2) is 36.5 Å². The smallest absolute Gasteiger partial charge is 0.196 e. The average Bonchev–Trinajstić information content (AvgIpc) is 3.56. The molecule has 0 aliphatic heterocycles. The minimum Gasteiger partial charge on any atom is -0.313 e. The number of hydrogen-bond acceptors (Lipinski definition) is 5. The fourth-order valence-corrected chi connectivity index (χ4v) is 4.12. The fourth-order valence-electron chi connectivity index (χ4n) is 4.12. The summed E-state index contributed by atoms with van der Waals surface area (Å²) >= 11 is 0. The summed E-state index contributed by atoms with van der Waals surface area (Å²) in [6.45, 7) is 13.9. The lowest BCUT2D eigenvalue weighted by atomic mass is 9.87. The zero-order valence-electron chi connectivity index (χ0n) is 21.2. The van der Waals surface area contributed by atoms with Crippen LogP contribution in [0.1, 0.15) is 89.5 Å². The lowest BCUT2D eigenvalue weighted by Gasteiger charge is -2.20. The van der Waals surface area contributed by atoms with Crippen LogP contribution in [0.25, 0.3) is 17.2 Å². The van der Waals surface area contributed by atoms with E-state index in [0.717, 1.165) is 55.3 Å². The maximum atomic E-state index is 4.87. The van der Waals surface area contributed by atoms with Crippen molar-refractivity contribution in [1.82, 2.24) is 40.0 Å². The van der Waals surface area contributed by atoms with Crippen LogP contribution in [-0.2, 0) is 18.4 Å². The maximum Gasteiger partial charge on any atom is 0.196 e. The van der Waals surface area contributed by atoms with Crippen molar-refractivity contribution in [2.75, 3.05) is 0 Å². The first-order valence-corrected chi connectivity index (χ1v) is 12.3. The number of tetrazole rings is 1. The van der Waals surface area contributed by atoms with Gasteiger partial charge in [-0.25, -0.2) is 14.8 Å². The van der Waals surface area contributed by atoms with Gasteiger partial charge < -0.3 is 4.57 Å². The summed E-state index contributed by atoms with van der Waals surface area (Å²) in [4.78, 5) is 4.87. The van der Waals surface area contributed by atoms with Gasteiger partial charge in [0.15, 0.2) is 11.6 Å². The Morgan fingerprint density at radius 1 is 1.06 bits per heavy atom. The van der Waals surface area contributed by atoms with Crippen molar-refractivity contribution in [3.63, 3.8) is 0 Å². The number of hydrogen-bond donors (Lipinski definition) is 1. The first kappa shape index (κ1) is 23.9. The second kappa shape index (κ2) is 9.91. The third-order valence-corrected chi connectivity index (χ3v) is 6.38. The van der Waals surface area contributed by atoms with Gasteiger partial charge >= 0.3 is 0 Å². The van der Waals surface area contributed by atoms with Crippen molar-refractivity contribution < 1.29 is 0 Å². The number of H-pyrrole nitrogens is 1. The molecule has 0 bridgehead atoms. The normalized spacial score (nSPS) is 12.9. The number of benzene rings is 1. The highest BCUT2D eigenvalue weighted by molar-refractivity contribution is 5.62. The van der Waals surface area contributed by atoms with E-state index in [2.05, 4.69) is 108 Å². The summed E-state index contributed by atoms with van der Waals surface area (Å²) in [7, 11) is 0. The van der Waals surface area contributed by atoms with Crippen LogP contribution in [-0.4, -0.2) is 40.0 Å². The molecule has 0 amide bonds. The van der Waals surface area contributed by atoms with E-state index in [1.807, 2.05) is 0 Å². The highest BCUT2D eigenvalue weighted by Crippen LogP contribution is 2.34. The minimum atomic E-state index is -0.0391. The van der Waals surface area contributed by atoms with Crippen molar-refractivity contribution in [2.24, 2.45) is 0 Å². The Bertz CT molecular complexity index is 1190. The summed E-state index contributed by atoms with van der Waals surface area (Å²) in [6.07, 6.45) is 6.37. The van der Waals surface area contributed by atoms with Gasteiger partial charge in [0.05, 0.1) is 12.2 Å². The van der Waals surface area contributed by atoms with Crippen molar-refractivity contribution in [3.8, 4) is 17.2 Å². The summed E-state index contributed by atoms with van der Waals surface area (Å²) in [6, 6.07) is 10.8. The Morgan fingerprint density at radius 3 is 2.44 bits per heavy atom. The SMILES string of the molecule is CCCCc1nc(C(C)CC)nn1Cc1ccc(-n2ccc(C(C)(C)C)c2-c2nnn[nH]2)cc1. The van der Waals surface area contributed by atoms with Crippen molar-refractivity contribution in [3.05, 3.63) is 59.3 Å². The molecule has 1 atom stereocenters. The first-order chi connectivity index (χ1) is 16.3. The molecule has 0 aliphatic carbocycles. The molecule has 4 aromatic rings. The zero-order valence-corrected chi connectivity index (χ0v) is 21.2. The fraction of sp³-hybridized carbons (Fsp3) is 0.500. The molecule has 0 aliphatic rings. The molecule has 0 radical (unpaired) electrons. The molecule has 0 saturated heterocycles. The van der Waals surface area contributed by atoms with E-state index >= 15 is 0 Å². The number of aryl methyl sites for hydroxylation is 1. The van der Waals surface area contributed by atoms with Crippen molar-refractivity contribution in [1.29, 1.82) is 0 Å². The highest BCUT2D eigenvalue weighted by atomic mass is 15.5. The van der Waals surface area contributed by atoms with Crippen LogP contribution >= 0.6 is 0 Å². The summed E-state index contributed by atoms with van der Waals surface area (Å²) < 4.78 is 4.24. The van der Waals surface area contributed by atoms with Gasteiger partial charge in [-0.05, 0) is 58.0 Å².